The van der Waals surface area contributed by atoms with Gasteiger partial charge in [0.25, 0.3) is 0 Å². The minimum Gasteiger partial charge on any atom is -0.313 e. The van der Waals surface area contributed by atoms with E-state index in [4.69, 9.17) is 0 Å². The van der Waals surface area contributed by atoms with Crippen molar-refractivity contribution in [2.75, 3.05) is 18.1 Å². The highest BCUT2D eigenvalue weighted by atomic mass is 32.2. The van der Waals surface area contributed by atoms with Crippen molar-refractivity contribution in [1.29, 1.82) is 0 Å². The van der Waals surface area contributed by atoms with Crippen molar-refractivity contribution in [1.82, 2.24) is 5.32 Å². The van der Waals surface area contributed by atoms with Crippen LogP contribution in [0, 0.1) is 5.92 Å². The maximum Gasteiger partial charge on any atom is 0.151 e. The number of unbranched alkanes of at least 4 members (excludes halogenated alkanes) is 2. The lowest BCUT2D eigenvalue weighted by molar-refractivity contribution is 0.509. The molecule has 1 unspecified atom stereocenters. The van der Waals surface area contributed by atoms with Gasteiger partial charge in [0.15, 0.2) is 9.84 Å². The number of sulfone groups is 1. The van der Waals surface area contributed by atoms with Crippen molar-refractivity contribution in [2.45, 2.75) is 52.0 Å². The lowest BCUT2D eigenvalue weighted by Gasteiger charge is -2.12. The first-order valence-electron chi connectivity index (χ1n) is 6.49. The van der Waals surface area contributed by atoms with E-state index in [2.05, 4.69) is 19.2 Å². The van der Waals surface area contributed by atoms with Crippen LogP contribution >= 0.6 is 0 Å². The molecule has 0 aromatic carbocycles. The first-order chi connectivity index (χ1) is 7.55. The van der Waals surface area contributed by atoms with Gasteiger partial charge in [-0.2, -0.15) is 0 Å². The smallest absolute Gasteiger partial charge is 0.151 e. The number of rotatable bonds is 9. The molecule has 0 aliphatic heterocycles. The molecule has 1 N–H and O–H groups in total. The molecule has 0 bridgehead atoms. The molecule has 3 nitrogen and oxygen atoms in total. The molecule has 1 aliphatic rings. The van der Waals surface area contributed by atoms with E-state index in [9.17, 15) is 8.42 Å². The highest BCUT2D eigenvalue weighted by Crippen LogP contribution is 2.32. The maximum absolute atomic E-state index is 11.6. The molecule has 1 atom stereocenters. The highest BCUT2D eigenvalue weighted by Gasteiger charge is 2.27. The van der Waals surface area contributed by atoms with Gasteiger partial charge >= 0.3 is 0 Å². The Morgan fingerprint density at radius 3 is 2.50 bits per heavy atom. The quantitative estimate of drug-likeness (QED) is 0.634. The molecule has 0 amide bonds. The van der Waals surface area contributed by atoms with Crippen LogP contribution in [0.5, 0.6) is 0 Å². The molecule has 16 heavy (non-hydrogen) atoms. The van der Waals surface area contributed by atoms with E-state index in [0.717, 1.165) is 25.2 Å². The Morgan fingerprint density at radius 2 is 1.94 bits per heavy atom. The molecular formula is C12H25NO2S. The minimum absolute atomic E-state index is 0.299. The number of hydrogen-bond acceptors (Lipinski definition) is 3. The average Bonchev–Trinajstić information content (AvgIpc) is 3.00. The van der Waals surface area contributed by atoms with E-state index in [-0.39, 0.29) is 0 Å². The summed E-state index contributed by atoms with van der Waals surface area (Å²) in [6.45, 7) is 4.86. The van der Waals surface area contributed by atoms with Gasteiger partial charge in [-0.15, -0.1) is 0 Å². The Morgan fingerprint density at radius 1 is 1.25 bits per heavy atom. The molecule has 4 heteroatoms. The van der Waals surface area contributed by atoms with E-state index < -0.39 is 9.84 Å². The SMILES string of the molecule is CCCCCS(=O)(=O)CCNC(C)C1CC1. The molecule has 1 aliphatic carbocycles. The zero-order valence-corrected chi connectivity index (χ0v) is 11.4. The minimum atomic E-state index is -2.82. The van der Waals surface area contributed by atoms with Crippen LogP contribution in [0.4, 0.5) is 0 Å². The van der Waals surface area contributed by atoms with E-state index in [1.54, 1.807) is 0 Å². The largest absolute Gasteiger partial charge is 0.313 e. The van der Waals surface area contributed by atoms with Gasteiger partial charge in [0, 0.05) is 12.6 Å². The summed E-state index contributed by atoms with van der Waals surface area (Å²) in [5.41, 5.74) is 0. The Kier molecular flexibility index (Phi) is 5.76. The number of nitrogens with one attached hydrogen (secondary N) is 1. The summed E-state index contributed by atoms with van der Waals surface area (Å²) in [5.74, 6) is 1.46. The van der Waals surface area contributed by atoms with Gasteiger partial charge in [-0.05, 0) is 32.1 Å². The first kappa shape index (κ1) is 14.0. The second-order valence-corrected chi connectivity index (χ2v) is 7.24. The molecule has 96 valence electrons. The maximum atomic E-state index is 11.6. The zero-order chi connectivity index (χ0) is 12.0. The molecule has 0 spiro atoms. The van der Waals surface area contributed by atoms with Crippen LogP contribution in [0.3, 0.4) is 0 Å². The van der Waals surface area contributed by atoms with Crippen LogP contribution in [0.2, 0.25) is 0 Å². The van der Waals surface area contributed by atoms with Gasteiger partial charge in [0.2, 0.25) is 0 Å². The van der Waals surface area contributed by atoms with Crippen molar-refractivity contribution in [2.24, 2.45) is 5.92 Å². The normalized spacial score (nSPS) is 18.6. The van der Waals surface area contributed by atoms with Crippen LogP contribution in [0.15, 0.2) is 0 Å². The second kappa shape index (κ2) is 6.60. The van der Waals surface area contributed by atoms with Gasteiger partial charge < -0.3 is 5.32 Å². The summed E-state index contributed by atoms with van der Waals surface area (Å²) < 4.78 is 23.3. The van der Waals surface area contributed by atoms with Crippen molar-refractivity contribution in [3.63, 3.8) is 0 Å². The van der Waals surface area contributed by atoms with Gasteiger partial charge in [-0.25, -0.2) is 8.42 Å². The van der Waals surface area contributed by atoms with Crippen molar-refractivity contribution in [3.8, 4) is 0 Å². The summed E-state index contributed by atoms with van der Waals surface area (Å²) in [5, 5.41) is 3.31. The van der Waals surface area contributed by atoms with Crippen molar-refractivity contribution in [3.05, 3.63) is 0 Å². The fourth-order valence-corrected chi connectivity index (χ4v) is 3.16. The molecule has 0 radical (unpaired) electrons. The standard InChI is InChI=1S/C12H25NO2S/c1-3-4-5-9-16(14,15)10-8-13-11(2)12-6-7-12/h11-13H,3-10H2,1-2H3. The van der Waals surface area contributed by atoms with Gasteiger partial charge in [-0.3, -0.25) is 0 Å². The van der Waals surface area contributed by atoms with Crippen LogP contribution in [-0.2, 0) is 9.84 Å². The van der Waals surface area contributed by atoms with E-state index in [1.807, 2.05) is 0 Å². The topological polar surface area (TPSA) is 46.2 Å². The van der Waals surface area contributed by atoms with E-state index in [0.29, 0.717) is 24.1 Å². The fraction of sp³-hybridized carbons (Fsp3) is 1.00. The average molecular weight is 247 g/mol. The predicted molar refractivity (Wildman–Crippen MR) is 68.4 cm³/mol. The monoisotopic (exact) mass is 247 g/mol. The van der Waals surface area contributed by atoms with Crippen LogP contribution in [0.1, 0.15) is 46.0 Å². The van der Waals surface area contributed by atoms with Gasteiger partial charge in [0.05, 0.1) is 11.5 Å². The Labute approximate surface area is 99.9 Å². The summed E-state index contributed by atoms with van der Waals surface area (Å²) >= 11 is 0. The van der Waals surface area contributed by atoms with E-state index in [1.165, 1.54) is 12.8 Å². The molecule has 1 fully saturated rings. The molecule has 1 saturated carbocycles. The number of hydrogen-bond donors (Lipinski definition) is 1. The molecule has 0 heterocycles. The summed E-state index contributed by atoms with van der Waals surface area (Å²) in [6, 6.07) is 0.492. The lowest BCUT2D eigenvalue weighted by atomic mass is 10.2. The molecular weight excluding hydrogens is 222 g/mol. The van der Waals surface area contributed by atoms with Gasteiger partial charge in [0.1, 0.15) is 0 Å². The highest BCUT2D eigenvalue weighted by molar-refractivity contribution is 7.91. The van der Waals surface area contributed by atoms with Crippen LogP contribution in [0.25, 0.3) is 0 Å². The van der Waals surface area contributed by atoms with E-state index >= 15 is 0 Å². The molecule has 1 rings (SSSR count). The van der Waals surface area contributed by atoms with Crippen LogP contribution in [-0.4, -0.2) is 32.5 Å². The third kappa shape index (κ3) is 5.85. The third-order valence-electron chi connectivity index (χ3n) is 3.27. The Bertz CT molecular complexity index is 283. The van der Waals surface area contributed by atoms with Crippen molar-refractivity contribution < 1.29 is 8.42 Å². The van der Waals surface area contributed by atoms with Gasteiger partial charge in [-0.1, -0.05) is 19.8 Å². The second-order valence-electron chi connectivity index (χ2n) is 4.94. The zero-order valence-electron chi connectivity index (χ0n) is 10.5. The molecule has 0 aromatic rings. The van der Waals surface area contributed by atoms with Crippen LogP contribution < -0.4 is 5.32 Å². The third-order valence-corrected chi connectivity index (χ3v) is 5.00. The predicted octanol–water partition coefficient (Wildman–Crippen LogP) is 1.98. The Hall–Kier alpha value is -0.0900. The molecule has 0 aromatic heterocycles. The summed E-state index contributed by atoms with van der Waals surface area (Å²) in [6.07, 6.45) is 5.52. The fourth-order valence-electron chi connectivity index (χ4n) is 1.88. The molecule has 0 saturated heterocycles. The Balaban J connectivity index is 2.09. The summed E-state index contributed by atoms with van der Waals surface area (Å²) in [7, 11) is -2.82. The lowest BCUT2D eigenvalue weighted by Crippen LogP contribution is -2.32. The van der Waals surface area contributed by atoms with Crippen molar-refractivity contribution >= 4 is 9.84 Å². The summed E-state index contributed by atoms with van der Waals surface area (Å²) in [4.78, 5) is 0. The first-order valence-corrected chi connectivity index (χ1v) is 8.31.